The van der Waals surface area contributed by atoms with Crippen molar-refractivity contribution in [2.24, 2.45) is 5.92 Å². The molecule has 2 fully saturated rings. The van der Waals surface area contributed by atoms with Crippen molar-refractivity contribution in [3.63, 3.8) is 0 Å². The van der Waals surface area contributed by atoms with Crippen molar-refractivity contribution in [3.05, 3.63) is 0 Å². The van der Waals surface area contributed by atoms with Gasteiger partial charge in [0.25, 0.3) is 0 Å². The van der Waals surface area contributed by atoms with Crippen LogP contribution in [-0.2, 0) is 0 Å². The molecule has 0 amide bonds. The zero-order valence-electron chi connectivity index (χ0n) is 6.77. The molecule has 0 unspecified atom stereocenters. The zero-order valence-corrected chi connectivity index (χ0v) is 6.77. The molecule has 0 saturated heterocycles. The highest BCUT2D eigenvalue weighted by atomic mass is 15.0. The second-order valence-corrected chi connectivity index (χ2v) is 4.06. The summed E-state index contributed by atoms with van der Waals surface area (Å²) >= 11 is 0. The Morgan fingerprint density at radius 3 is 2.20 bits per heavy atom. The van der Waals surface area contributed by atoms with E-state index in [1.54, 1.807) is 0 Å². The molecule has 1 heteroatoms. The Morgan fingerprint density at radius 2 is 1.70 bits per heavy atom. The van der Waals surface area contributed by atoms with Crippen LogP contribution in [0.2, 0.25) is 0 Å². The largest absolute Gasteiger partial charge is 0.311 e. The molecule has 0 aromatic carbocycles. The molecular formula is C9H17N. The van der Waals surface area contributed by atoms with E-state index in [1.807, 2.05) is 0 Å². The van der Waals surface area contributed by atoms with Crippen LogP contribution < -0.4 is 5.32 Å². The second kappa shape index (κ2) is 2.54. The lowest BCUT2D eigenvalue weighted by Crippen LogP contribution is -2.28. The average molecular weight is 139 g/mol. The molecule has 2 atom stereocenters. The first-order valence-corrected chi connectivity index (χ1v) is 4.60. The molecule has 58 valence electrons. The Bertz CT molecular complexity index is 118. The quantitative estimate of drug-likeness (QED) is 0.616. The Balaban J connectivity index is 1.72. The van der Waals surface area contributed by atoms with Gasteiger partial charge in [-0.15, -0.1) is 0 Å². The molecule has 2 saturated carbocycles. The van der Waals surface area contributed by atoms with E-state index in [4.69, 9.17) is 0 Å². The molecule has 0 aromatic rings. The number of hydrogen-bond acceptors (Lipinski definition) is 1. The molecule has 0 heterocycles. The topological polar surface area (TPSA) is 12.0 Å². The monoisotopic (exact) mass is 139 g/mol. The van der Waals surface area contributed by atoms with Gasteiger partial charge in [0.05, 0.1) is 0 Å². The summed E-state index contributed by atoms with van der Waals surface area (Å²) in [6.45, 7) is 2.37. The highest BCUT2D eigenvalue weighted by molar-refractivity contribution is 4.88. The normalized spacial score (nSPS) is 40.5. The van der Waals surface area contributed by atoms with Crippen molar-refractivity contribution in [1.29, 1.82) is 0 Å². The van der Waals surface area contributed by atoms with E-state index in [0.717, 1.165) is 18.0 Å². The maximum Gasteiger partial charge on any atom is 0.00722 e. The lowest BCUT2D eigenvalue weighted by Gasteiger charge is -2.10. The van der Waals surface area contributed by atoms with Crippen LogP contribution >= 0.6 is 0 Å². The molecule has 2 aliphatic rings. The summed E-state index contributed by atoms with van der Waals surface area (Å²) in [6.07, 6.45) is 7.17. The van der Waals surface area contributed by atoms with Gasteiger partial charge in [0.15, 0.2) is 0 Å². The number of nitrogens with one attached hydrogen (secondary N) is 1. The SMILES string of the molecule is C[C@@H]1CC[C@@H](NC2CC2)C1. The third-order valence-corrected chi connectivity index (χ3v) is 2.74. The van der Waals surface area contributed by atoms with Crippen molar-refractivity contribution in [3.8, 4) is 0 Å². The molecule has 0 bridgehead atoms. The van der Waals surface area contributed by atoms with E-state index in [-0.39, 0.29) is 0 Å². The molecule has 1 nitrogen and oxygen atoms in total. The van der Waals surface area contributed by atoms with Crippen LogP contribution in [0.15, 0.2) is 0 Å². The molecular weight excluding hydrogens is 122 g/mol. The molecule has 0 spiro atoms. The lowest BCUT2D eigenvalue weighted by atomic mass is 10.1. The molecule has 2 aliphatic carbocycles. The maximum absolute atomic E-state index is 3.68. The molecule has 0 radical (unpaired) electrons. The fourth-order valence-electron chi connectivity index (χ4n) is 1.94. The Hall–Kier alpha value is -0.0400. The van der Waals surface area contributed by atoms with Crippen LogP contribution in [0, 0.1) is 5.92 Å². The number of rotatable bonds is 2. The van der Waals surface area contributed by atoms with Crippen LogP contribution in [0.1, 0.15) is 39.0 Å². The van der Waals surface area contributed by atoms with Gasteiger partial charge in [0.2, 0.25) is 0 Å². The summed E-state index contributed by atoms with van der Waals surface area (Å²) in [4.78, 5) is 0. The van der Waals surface area contributed by atoms with Crippen molar-refractivity contribution in [2.75, 3.05) is 0 Å². The van der Waals surface area contributed by atoms with Gasteiger partial charge < -0.3 is 5.32 Å². The van der Waals surface area contributed by atoms with Gasteiger partial charge in [-0.25, -0.2) is 0 Å². The van der Waals surface area contributed by atoms with Gasteiger partial charge in [0.1, 0.15) is 0 Å². The van der Waals surface area contributed by atoms with Gasteiger partial charge in [-0.1, -0.05) is 6.92 Å². The lowest BCUT2D eigenvalue weighted by molar-refractivity contribution is 0.500. The van der Waals surface area contributed by atoms with Crippen LogP contribution in [0.3, 0.4) is 0 Å². The number of hydrogen-bond donors (Lipinski definition) is 1. The minimum Gasteiger partial charge on any atom is -0.311 e. The molecule has 10 heavy (non-hydrogen) atoms. The summed E-state index contributed by atoms with van der Waals surface area (Å²) in [6, 6.07) is 1.79. The third kappa shape index (κ3) is 1.51. The fourth-order valence-corrected chi connectivity index (χ4v) is 1.94. The van der Waals surface area contributed by atoms with Gasteiger partial charge in [0, 0.05) is 12.1 Å². The minimum absolute atomic E-state index is 0.877. The summed E-state index contributed by atoms with van der Waals surface area (Å²) in [5, 5.41) is 3.68. The van der Waals surface area contributed by atoms with Crippen molar-refractivity contribution in [1.82, 2.24) is 5.32 Å². The minimum atomic E-state index is 0.877. The first kappa shape index (κ1) is 6.66. The van der Waals surface area contributed by atoms with Gasteiger partial charge in [-0.05, 0) is 38.0 Å². The van der Waals surface area contributed by atoms with Crippen LogP contribution in [0.25, 0.3) is 0 Å². The summed E-state index contributed by atoms with van der Waals surface area (Å²) < 4.78 is 0. The molecule has 0 aromatic heterocycles. The predicted molar refractivity (Wildman–Crippen MR) is 43.0 cm³/mol. The van der Waals surface area contributed by atoms with E-state index in [1.165, 1.54) is 32.1 Å². The fraction of sp³-hybridized carbons (Fsp3) is 1.00. The average Bonchev–Trinajstić information content (AvgIpc) is 2.59. The highest BCUT2D eigenvalue weighted by Gasteiger charge is 2.28. The van der Waals surface area contributed by atoms with Crippen molar-refractivity contribution < 1.29 is 0 Å². The van der Waals surface area contributed by atoms with Crippen LogP contribution in [0.4, 0.5) is 0 Å². The molecule has 2 rings (SSSR count). The van der Waals surface area contributed by atoms with Gasteiger partial charge >= 0.3 is 0 Å². The second-order valence-electron chi connectivity index (χ2n) is 4.06. The van der Waals surface area contributed by atoms with Gasteiger partial charge in [-0.3, -0.25) is 0 Å². The Labute approximate surface area is 63.2 Å². The first-order chi connectivity index (χ1) is 4.84. The molecule has 1 N–H and O–H groups in total. The van der Waals surface area contributed by atoms with Crippen molar-refractivity contribution >= 4 is 0 Å². The summed E-state index contributed by atoms with van der Waals surface area (Å²) in [5.74, 6) is 0.983. The first-order valence-electron chi connectivity index (χ1n) is 4.60. The standard InChI is InChI=1S/C9H17N/c1-7-2-3-9(6-7)10-8-4-5-8/h7-10H,2-6H2,1H3/t7-,9-/m1/s1. The highest BCUT2D eigenvalue weighted by Crippen LogP contribution is 2.28. The van der Waals surface area contributed by atoms with Crippen molar-refractivity contribution in [2.45, 2.75) is 51.1 Å². The van der Waals surface area contributed by atoms with Gasteiger partial charge in [-0.2, -0.15) is 0 Å². The third-order valence-electron chi connectivity index (χ3n) is 2.74. The summed E-state index contributed by atoms with van der Waals surface area (Å²) in [7, 11) is 0. The maximum atomic E-state index is 3.68. The Morgan fingerprint density at radius 1 is 1.00 bits per heavy atom. The smallest absolute Gasteiger partial charge is 0.00722 e. The summed E-state index contributed by atoms with van der Waals surface area (Å²) in [5.41, 5.74) is 0. The van der Waals surface area contributed by atoms with Crippen LogP contribution in [-0.4, -0.2) is 12.1 Å². The van der Waals surface area contributed by atoms with Crippen LogP contribution in [0.5, 0.6) is 0 Å². The predicted octanol–water partition coefficient (Wildman–Crippen LogP) is 1.93. The van der Waals surface area contributed by atoms with E-state index in [0.29, 0.717) is 0 Å². The van der Waals surface area contributed by atoms with E-state index in [9.17, 15) is 0 Å². The van der Waals surface area contributed by atoms with E-state index >= 15 is 0 Å². The Kier molecular flexibility index (Phi) is 1.69. The van der Waals surface area contributed by atoms with E-state index in [2.05, 4.69) is 12.2 Å². The molecule has 0 aliphatic heterocycles. The zero-order chi connectivity index (χ0) is 6.97. The van der Waals surface area contributed by atoms with E-state index < -0.39 is 0 Å².